The van der Waals surface area contributed by atoms with E-state index < -0.39 is 0 Å². The fraction of sp³-hybridized carbons (Fsp3) is 0. The van der Waals surface area contributed by atoms with E-state index in [1.165, 1.54) is 0 Å². The average Bonchev–Trinajstić information content (AvgIpc) is 1.00. The molecule has 0 aliphatic rings. The Morgan fingerprint density at radius 3 is 1.25 bits per heavy atom. The van der Waals surface area contributed by atoms with Gasteiger partial charge < -0.3 is 0 Å². The van der Waals surface area contributed by atoms with Crippen LogP contribution in [0.4, 0.5) is 0 Å². The largest absolute Gasteiger partial charge is 0 e. The van der Waals surface area contributed by atoms with Crippen molar-refractivity contribution in [2.24, 2.45) is 0 Å². The molecule has 0 rings (SSSR count). The minimum atomic E-state index is 0. The van der Waals surface area contributed by atoms with E-state index in [1.54, 1.807) is 0 Å². The summed E-state index contributed by atoms with van der Waals surface area (Å²) in [4.78, 5) is 0. The molecule has 17 valence electrons. The van der Waals surface area contributed by atoms with Crippen LogP contribution in [-0.4, -0.2) is 44.2 Å². The molecule has 0 aromatic heterocycles. The monoisotopic (exact) mass is 267 g/mol. The Bertz CT molecular complexity index is 8.00. The Kier molecular flexibility index (Phi) is 85.8. The predicted molar refractivity (Wildman–Crippen MR) is 16.4 cm³/mol. The van der Waals surface area contributed by atoms with Gasteiger partial charge in [0.05, 0.1) is 0 Å². The maximum Gasteiger partial charge on any atom is 0 e. The molecular weight excluding hydrogens is 266 g/mol. The summed E-state index contributed by atoms with van der Waals surface area (Å²) in [5.74, 6) is 0. The smallest absolute Gasteiger partial charge is 0 e. The zero-order chi connectivity index (χ0) is 2.00. The molecule has 0 aromatic carbocycles. The van der Waals surface area contributed by atoms with Crippen molar-refractivity contribution in [3.63, 3.8) is 0 Å². The molecule has 4 heteroatoms. The molecule has 0 unspecified atom stereocenters. The SMILES string of the molecule is [GaH3].[O]=[In].[Zn]. The van der Waals surface area contributed by atoms with Crippen molar-refractivity contribution in [1.82, 2.24) is 0 Å². The second-order valence-electron chi connectivity index (χ2n) is 0. The molecule has 0 N–H and O–H groups in total. The Hall–Kier alpha value is 1.93. The van der Waals surface area contributed by atoms with E-state index >= 15 is 0 Å². The fourth-order valence-corrected chi connectivity index (χ4v) is 0. The van der Waals surface area contributed by atoms with Crippen LogP contribution < -0.4 is 0 Å². The number of hydrogen-bond acceptors (Lipinski definition) is 1. The van der Waals surface area contributed by atoms with Crippen LogP contribution in [0.3, 0.4) is 0 Å². The van der Waals surface area contributed by atoms with Gasteiger partial charge in [-0.2, -0.15) is 0 Å². The van der Waals surface area contributed by atoms with E-state index in [0.717, 1.165) is 0 Å². The van der Waals surface area contributed by atoms with Crippen molar-refractivity contribution in [3.05, 3.63) is 0 Å². The Morgan fingerprint density at radius 1 is 1.25 bits per heavy atom. The van der Waals surface area contributed by atoms with E-state index in [-0.39, 0.29) is 63.6 Å². The summed E-state index contributed by atoms with van der Waals surface area (Å²) in [5, 5.41) is 0. The van der Waals surface area contributed by atoms with Crippen molar-refractivity contribution in [3.8, 4) is 0 Å². The van der Waals surface area contributed by atoms with Crippen LogP contribution in [0.15, 0.2) is 0 Å². The summed E-state index contributed by atoms with van der Waals surface area (Å²) in [6.45, 7) is 0. The summed E-state index contributed by atoms with van der Waals surface area (Å²) < 4.78 is 8.38. The van der Waals surface area contributed by atoms with Gasteiger partial charge in [-0.05, 0) is 0 Å². The summed E-state index contributed by atoms with van der Waals surface area (Å²) in [7, 11) is 0. The van der Waals surface area contributed by atoms with E-state index in [2.05, 4.69) is 0 Å². The molecule has 0 heterocycles. The molecule has 0 saturated carbocycles. The maximum atomic E-state index is 8.38. The minimum Gasteiger partial charge on any atom is 0 e. The van der Waals surface area contributed by atoms with Crippen LogP contribution in [0, 0.1) is 0 Å². The first-order chi connectivity index (χ1) is 1.00. The van der Waals surface area contributed by atoms with Crippen LogP contribution >= 0.6 is 0 Å². The molecule has 1 nitrogen and oxygen atoms in total. The normalized spacial score (nSPS) is 0.750. The summed E-state index contributed by atoms with van der Waals surface area (Å²) in [5.41, 5.74) is 0. The van der Waals surface area contributed by atoms with Gasteiger partial charge in [0.1, 0.15) is 0 Å². The molecule has 0 aliphatic carbocycles. The molecule has 0 atom stereocenters. The van der Waals surface area contributed by atoms with Crippen molar-refractivity contribution >= 4 is 44.2 Å². The number of rotatable bonds is 0. The van der Waals surface area contributed by atoms with Gasteiger partial charge in [-0.15, -0.1) is 0 Å². The van der Waals surface area contributed by atoms with Gasteiger partial charge in [0.15, 0.2) is 0 Å². The second-order valence-corrected chi connectivity index (χ2v) is 0. The van der Waals surface area contributed by atoms with Crippen LogP contribution in [0.25, 0.3) is 0 Å². The van der Waals surface area contributed by atoms with E-state index in [4.69, 9.17) is 2.85 Å². The van der Waals surface area contributed by atoms with Gasteiger partial charge in [0, 0.05) is 19.5 Å². The van der Waals surface area contributed by atoms with Crippen LogP contribution in [-0.2, 0) is 22.3 Å². The first kappa shape index (κ1) is 16.8. The van der Waals surface area contributed by atoms with Crippen molar-refractivity contribution in [1.29, 1.82) is 0 Å². The molecule has 0 amide bonds. The summed E-state index contributed by atoms with van der Waals surface area (Å²) in [6.07, 6.45) is 0. The predicted octanol–water partition coefficient (Wildman–Crippen LogP) is -1.69. The third-order valence-corrected chi connectivity index (χ3v) is 0. The molecule has 0 saturated heterocycles. The zero-order valence-electron chi connectivity index (χ0n) is 1.69. The zero-order valence-corrected chi connectivity index (χ0v) is 7.96. The van der Waals surface area contributed by atoms with Crippen LogP contribution in [0.1, 0.15) is 0 Å². The average molecular weight is 269 g/mol. The summed E-state index contributed by atoms with van der Waals surface area (Å²) in [6, 6.07) is 0. The first-order valence-electron chi connectivity index (χ1n) is 0.236. The van der Waals surface area contributed by atoms with Crippen molar-refractivity contribution in [2.75, 3.05) is 0 Å². The molecule has 4 heavy (non-hydrogen) atoms. The fourth-order valence-electron chi connectivity index (χ4n) is 0. The molecule has 0 fully saturated rings. The Labute approximate surface area is 65.7 Å². The minimum absolute atomic E-state index is 0. The van der Waals surface area contributed by atoms with Gasteiger partial charge in [-0.3, -0.25) is 0 Å². The van der Waals surface area contributed by atoms with E-state index in [9.17, 15) is 0 Å². The van der Waals surface area contributed by atoms with Crippen LogP contribution in [0.2, 0.25) is 0 Å². The maximum absolute atomic E-state index is 8.38. The van der Waals surface area contributed by atoms with Gasteiger partial charge in [0.2, 0.25) is 0 Å². The Morgan fingerprint density at radius 2 is 1.25 bits per heavy atom. The first-order valence-corrected chi connectivity index (χ1v) is 1.58. The Balaban J connectivity index is -0.00000000500. The molecule has 0 spiro atoms. The third-order valence-electron chi connectivity index (χ3n) is 0. The quantitative estimate of drug-likeness (QED) is 0.480. The van der Waals surface area contributed by atoms with Gasteiger partial charge >= 0.3 is 47.0 Å². The topological polar surface area (TPSA) is 17.1 Å². The third kappa shape index (κ3) is 9.06. The molecule has 1 radical (unpaired) electrons. The molecule has 0 aromatic rings. The molecular formula is H3GaInOZn. The van der Waals surface area contributed by atoms with Crippen LogP contribution in [0.5, 0.6) is 0 Å². The van der Waals surface area contributed by atoms with Crippen molar-refractivity contribution < 1.29 is 22.3 Å². The van der Waals surface area contributed by atoms with E-state index in [0.29, 0.717) is 0 Å². The summed E-state index contributed by atoms with van der Waals surface area (Å²) >= 11 is 0.100. The molecule has 0 bridgehead atoms. The van der Waals surface area contributed by atoms with Gasteiger partial charge in [-0.1, -0.05) is 0 Å². The standard InChI is InChI=1S/Ga.In.O.Zn.3H. The second kappa shape index (κ2) is 20.4. The molecule has 0 aliphatic heterocycles. The van der Waals surface area contributed by atoms with Gasteiger partial charge in [-0.25, -0.2) is 0 Å². The van der Waals surface area contributed by atoms with Gasteiger partial charge in [0.25, 0.3) is 0 Å². The number of hydrogen-bond donors (Lipinski definition) is 0. The van der Waals surface area contributed by atoms with E-state index in [1.807, 2.05) is 0 Å². The van der Waals surface area contributed by atoms with Crippen molar-refractivity contribution in [2.45, 2.75) is 0 Å².